The summed E-state index contributed by atoms with van der Waals surface area (Å²) < 4.78 is 19.7. The number of fused-ring (bicyclic) bond motifs is 1. The number of nitrogens with one attached hydrogen (secondary N) is 2. The van der Waals surface area contributed by atoms with Crippen LogP contribution in [0.2, 0.25) is 0 Å². The van der Waals surface area contributed by atoms with Gasteiger partial charge in [-0.2, -0.15) is 0 Å². The highest BCUT2D eigenvalue weighted by atomic mass is 19.1. The van der Waals surface area contributed by atoms with Crippen molar-refractivity contribution in [3.8, 4) is 0 Å². The third-order valence-corrected chi connectivity index (χ3v) is 6.60. The van der Waals surface area contributed by atoms with Crippen molar-refractivity contribution in [2.75, 3.05) is 29.9 Å². The average Bonchev–Trinajstić information content (AvgIpc) is 3.41. The summed E-state index contributed by atoms with van der Waals surface area (Å²) in [5.41, 5.74) is 4.21. The Hall–Kier alpha value is -3.71. The minimum Gasteiger partial charge on any atom is -0.376 e. The first-order valence-corrected chi connectivity index (χ1v) is 12.0. The highest BCUT2D eigenvalue weighted by Gasteiger charge is 2.23. The maximum atomic E-state index is 14.1. The summed E-state index contributed by atoms with van der Waals surface area (Å²) in [6.07, 6.45) is 2.83. The predicted molar refractivity (Wildman–Crippen MR) is 133 cm³/mol. The van der Waals surface area contributed by atoms with Crippen LogP contribution in [-0.4, -0.2) is 37.6 Å². The number of carbonyl (C=O) groups excluding carboxylic acids is 2. The molecule has 1 saturated heterocycles. The van der Waals surface area contributed by atoms with Gasteiger partial charge in [0.05, 0.1) is 17.2 Å². The third-order valence-electron chi connectivity index (χ3n) is 6.60. The van der Waals surface area contributed by atoms with Crippen LogP contribution >= 0.6 is 0 Å². The van der Waals surface area contributed by atoms with E-state index in [2.05, 4.69) is 27.7 Å². The monoisotopic (exact) mass is 473 g/mol. The number of hydrogen-bond donors (Lipinski definition) is 2. The molecule has 180 valence electrons. The Bertz CT molecular complexity index is 1240. The van der Waals surface area contributed by atoms with Gasteiger partial charge in [0.25, 0.3) is 11.8 Å². The molecule has 2 aliphatic heterocycles. The second-order valence-corrected chi connectivity index (χ2v) is 8.95. The van der Waals surface area contributed by atoms with Crippen molar-refractivity contribution < 1.29 is 18.7 Å². The Balaban J connectivity index is 1.41. The van der Waals surface area contributed by atoms with Gasteiger partial charge in [-0.3, -0.25) is 9.59 Å². The number of anilines is 2. The highest BCUT2D eigenvalue weighted by Crippen LogP contribution is 2.30. The van der Waals surface area contributed by atoms with Crippen LogP contribution in [0.15, 0.2) is 66.7 Å². The first-order valence-electron chi connectivity index (χ1n) is 12.0. The van der Waals surface area contributed by atoms with E-state index in [1.165, 1.54) is 29.3 Å². The molecule has 0 aromatic heterocycles. The van der Waals surface area contributed by atoms with E-state index >= 15 is 0 Å². The van der Waals surface area contributed by atoms with Gasteiger partial charge in [0, 0.05) is 37.6 Å². The standard InChI is InChI=1S/C28H28FN3O3/c29-25-10-4-3-9-23(25)28(34)31-21-11-12-26(32-14-13-19-6-1-2-7-20(19)18-32)24(16-21)27(33)30-17-22-8-5-15-35-22/h1-4,6-7,9-12,16,22H,5,8,13-15,17-18H2,(H,30,33)(H,31,34). The van der Waals surface area contributed by atoms with E-state index in [0.29, 0.717) is 24.3 Å². The molecule has 1 atom stereocenters. The van der Waals surface area contributed by atoms with E-state index in [-0.39, 0.29) is 17.6 Å². The van der Waals surface area contributed by atoms with Crippen LogP contribution in [0.25, 0.3) is 0 Å². The summed E-state index contributed by atoms with van der Waals surface area (Å²) in [7, 11) is 0. The molecule has 1 fully saturated rings. The van der Waals surface area contributed by atoms with Crippen molar-refractivity contribution in [1.29, 1.82) is 0 Å². The number of amides is 2. The zero-order valence-electron chi connectivity index (χ0n) is 19.4. The molecule has 0 bridgehead atoms. The highest BCUT2D eigenvalue weighted by molar-refractivity contribution is 6.06. The van der Waals surface area contributed by atoms with Crippen molar-refractivity contribution in [2.24, 2.45) is 0 Å². The number of carbonyl (C=O) groups is 2. The Kier molecular flexibility index (Phi) is 6.77. The fourth-order valence-electron chi connectivity index (χ4n) is 4.72. The van der Waals surface area contributed by atoms with Crippen molar-refractivity contribution in [3.63, 3.8) is 0 Å². The number of hydrogen-bond acceptors (Lipinski definition) is 4. The Morgan fingerprint density at radius 3 is 2.57 bits per heavy atom. The van der Waals surface area contributed by atoms with Gasteiger partial charge in [-0.25, -0.2) is 4.39 Å². The smallest absolute Gasteiger partial charge is 0.258 e. The van der Waals surface area contributed by atoms with Crippen molar-refractivity contribution >= 4 is 23.2 Å². The average molecular weight is 474 g/mol. The van der Waals surface area contributed by atoms with Crippen LogP contribution in [-0.2, 0) is 17.7 Å². The van der Waals surface area contributed by atoms with Gasteiger partial charge in [-0.05, 0) is 60.7 Å². The van der Waals surface area contributed by atoms with Gasteiger partial charge in [-0.15, -0.1) is 0 Å². The van der Waals surface area contributed by atoms with Crippen LogP contribution < -0.4 is 15.5 Å². The summed E-state index contributed by atoms with van der Waals surface area (Å²) in [5, 5.41) is 5.73. The van der Waals surface area contributed by atoms with Crippen LogP contribution in [0.4, 0.5) is 15.8 Å². The lowest BCUT2D eigenvalue weighted by Crippen LogP contribution is -2.35. The number of ether oxygens (including phenoxy) is 1. The SMILES string of the molecule is O=C(Nc1ccc(N2CCc3ccccc3C2)c(C(=O)NCC2CCCO2)c1)c1ccccc1F. The molecule has 35 heavy (non-hydrogen) atoms. The van der Waals surface area contributed by atoms with Crippen LogP contribution in [0.5, 0.6) is 0 Å². The molecule has 2 heterocycles. The number of nitrogens with zero attached hydrogens (tertiary/aromatic N) is 1. The first-order chi connectivity index (χ1) is 17.1. The maximum absolute atomic E-state index is 14.1. The summed E-state index contributed by atoms with van der Waals surface area (Å²) in [4.78, 5) is 28.2. The van der Waals surface area contributed by atoms with Crippen LogP contribution in [0.3, 0.4) is 0 Å². The predicted octanol–water partition coefficient (Wildman–Crippen LogP) is 4.55. The molecule has 2 aliphatic rings. The van der Waals surface area contributed by atoms with E-state index in [9.17, 15) is 14.0 Å². The fraction of sp³-hybridized carbons (Fsp3) is 0.286. The molecule has 3 aromatic rings. The third kappa shape index (κ3) is 5.20. The quantitative estimate of drug-likeness (QED) is 0.551. The Morgan fingerprint density at radius 1 is 0.971 bits per heavy atom. The van der Waals surface area contributed by atoms with E-state index in [0.717, 1.165) is 38.1 Å². The number of rotatable bonds is 6. The molecule has 1 unspecified atom stereocenters. The fourth-order valence-corrected chi connectivity index (χ4v) is 4.72. The molecule has 0 aliphatic carbocycles. The number of benzene rings is 3. The first kappa shape index (κ1) is 23.1. The summed E-state index contributed by atoms with van der Waals surface area (Å²) in [6.45, 7) is 2.64. The Morgan fingerprint density at radius 2 is 1.77 bits per heavy atom. The summed E-state index contributed by atoms with van der Waals surface area (Å²) >= 11 is 0. The van der Waals surface area contributed by atoms with Crippen molar-refractivity contribution in [2.45, 2.75) is 31.9 Å². The zero-order chi connectivity index (χ0) is 24.2. The normalized spacial score (nSPS) is 17.1. The van der Waals surface area contributed by atoms with Crippen LogP contribution in [0.1, 0.15) is 44.7 Å². The van der Waals surface area contributed by atoms with E-state index in [1.54, 1.807) is 18.2 Å². The lowest BCUT2D eigenvalue weighted by molar-refractivity contribution is 0.0858. The molecule has 0 radical (unpaired) electrons. The summed E-state index contributed by atoms with van der Waals surface area (Å²) in [6, 6.07) is 19.4. The second kappa shape index (κ2) is 10.3. The largest absolute Gasteiger partial charge is 0.376 e. The molecular formula is C28H28FN3O3. The van der Waals surface area contributed by atoms with E-state index in [4.69, 9.17) is 4.74 Å². The molecule has 2 N–H and O–H groups in total. The van der Waals surface area contributed by atoms with Crippen LogP contribution in [0, 0.1) is 5.82 Å². The van der Waals surface area contributed by atoms with Gasteiger partial charge in [0.1, 0.15) is 5.82 Å². The molecule has 0 spiro atoms. The molecule has 3 aromatic carbocycles. The Labute approximate surface area is 204 Å². The van der Waals surface area contributed by atoms with Crippen molar-refractivity contribution in [1.82, 2.24) is 5.32 Å². The van der Waals surface area contributed by atoms with Gasteiger partial charge in [0.2, 0.25) is 0 Å². The van der Waals surface area contributed by atoms with Gasteiger partial charge in [-0.1, -0.05) is 36.4 Å². The minimum absolute atomic E-state index is 0.0215. The minimum atomic E-state index is -0.594. The molecule has 5 rings (SSSR count). The molecule has 6 nitrogen and oxygen atoms in total. The molecule has 7 heteroatoms. The van der Waals surface area contributed by atoms with Gasteiger partial charge >= 0.3 is 0 Å². The topological polar surface area (TPSA) is 70.7 Å². The van der Waals surface area contributed by atoms with Gasteiger partial charge < -0.3 is 20.3 Å². The maximum Gasteiger partial charge on any atom is 0.258 e. The van der Waals surface area contributed by atoms with Crippen molar-refractivity contribution in [3.05, 3.63) is 94.8 Å². The molecule has 0 saturated carbocycles. The lowest BCUT2D eigenvalue weighted by atomic mass is 9.98. The molecule has 2 amide bonds. The number of halogens is 1. The molecular weight excluding hydrogens is 445 g/mol. The second-order valence-electron chi connectivity index (χ2n) is 8.95. The lowest BCUT2D eigenvalue weighted by Gasteiger charge is -2.32. The summed E-state index contributed by atoms with van der Waals surface area (Å²) in [5.74, 6) is -1.38. The van der Waals surface area contributed by atoms with E-state index in [1.807, 2.05) is 18.2 Å². The van der Waals surface area contributed by atoms with E-state index < -0.39 is 11.7 Å². The van der Waals surface area contributed by atoms with Gasteiger partial charge in [0.15, 0.2) is 0 Å². The zero-order valence-corrected chi connectivity index (χ0v) is 19.4.